The largest absolute Gasteiger partial charge is 0.493 e. The fourth-order valence-electron chi connectivity index (χ4n) is 5.14. The number of carbonyl (C=O) groups excluding carboxylic acids is 1. The molecule has 188 valence electrons. The molecular formula is C29H33N3O4. The van der Waals surface area contributed by atoms with Gasteiger partial charge in [0.25, 0.3) is 0 Å². The zero-order valence-corrected chi connectivity index (χ0v) is 21.1. The highest BCUT2D eigenvalue weighted by Crippen LogP contribution is 2.42. The molecule has 7 heteroatoms. The van der Waals surface area contributed by atoms with Crippen molar-refractivity contribution >= 4 is 17.3 Å². The van der Waals surface area contributed by atoms with Gasteiger partial charge in [-0.3, -0.25) is 4.90 Å². The lowest BCUT2D eigenvalue weighted by Crippen LogP contribution is -2.47. The number of cyclic esters (lactones) is 1. The topological polar surface area (TPSA) is 63.3 Å². The van der Waals surface area contributed by atoms with E-state index in [0.29, 0.717) is 17.1 Å². The molecule has 1 N–H and O–H groups in total. The first-order valence-corrected chi connectivity index (χ1v) is 12.4. The van der Waals surface area contributed by atoms with Crippen LogP contribution in [0.3, 0.4) is 0 Å². The second-order valence-corrected chi connectivity index (χ2v) is 9.22. The van der Waals surface area contributed by atoms with E-state index in [1.807, 2.05) is 18.2 Å². The molecule has 1 fully saturated rings. The van der Waals surface area contributed by atoms with Gasteiger partial charge in [-0.15, -0.1) is 0 Å². The maximum atomic E-state index is 12.7. The number of piperazine rings is 1. The van der Waals surface area contributed by atoms with Gasteiger partial charge in [0.15, 0.2) is 11.5 Å². The number of hydrogen-bond acceptors (Lipinski definition) is 7. The van der Waals surface area contributed by atoms with E-state index in [0.717, 1.165) is 50.4 Å². The maximum absolute atomic E-state index is 12.7. The molecule has 0 spiro atoms. The Morgan fingerprint density at radius 3 is 2.44 bits per heavy atom. The number of ether oxygens (including phenoxy) is 3. The molecule has 1 saturated heterocycles. The van der Waals surface area contributed by atoms with Crippen LogP contribution < -0.4 is 19.7 Å². The van der Waals surface area contributed by atoms with E-state index in [1.54, 1.807) is 13.2 Å². The Hall–Kier alpha value is -3.71. The first-order valence-electron chi connectivity index (χ1n) is 12.4. The molecule has 1 atom stereocenters. The van der Waals surface area contributed by atoms with Crippen molar-refractivity contribution in [2.75, 3.05) is 57.2 Å². The van der Waals surface area contributed by atoms with Gasteiger partial charge in [-0.1, -0.05) is 36.4 Å². The number of rotatable bonds is 8. The van der Waals surface area contributed by atoms with Crippen molar-refractivity contribution in [2.24, 2.45) is 0 Å². The molecule has 0 radical (unpaired) electrons. The number of nitrogens with one attached hydrogen (secondary N) is 1. The number of aryl methyl sites for hydroxylation is 1. The monoisotopic (exact) mass is 487 g/mol. The van der Waals surface area contributed by atoms with Gasteiger partial charge in [-0.25, -0.2) is 4.79 Å². The standard InChI is InChI=1S/C29H33N3O4/c1-20-8-4-7-11-24(20)32-18-16-31(17-19-32)15-14-21-9-5-6-10-23(21)30-28-22-12-13-25(34-2)27(35-3)26(22)29(33)36-28/h4-13,28,30H,14-19H2,1-3H3. The molecule has 0 aromatic heterocycles. The Morgan fingerprint density at radius 1 is 0.944 bits per heavy atom. The van der Waals surface area contributed by atoms with Crippen LogP contribution in [0.15, 0.2) is 60.7 Å². The normalized spacial score (nSPS) is 17.5. The molecule has 1 unspecified atom stereocenters. The predicted octanol–water partition coefficient (Wildman–Crippen LogP) is 4.66. The lowest BCUT2D eigenvalue weighted by molar-refractivity contribution is 0.0435. The van der Waals surface area contributed by atoms with Crippen LogP contribution in [0.25, 0.3) is 0 Å². The van der Waals surface area contributed by atoms with Gasteiger partial charge in [-0.2, -0.15) is 0 Å². The van der Waals surface area contributed by atoms with Crippen molar-refractivity contribution in [2.45, 2.75) is 19.6 Å². The number of anilines is 2. The summed E-state index contributed by atoms with van der Waals surface area (Å²) in [5, 5.41) is 3.44. The number of methoxy groups -OCH3 is 2. The van der Waals surface area contributed by atoms with Gasteiger partial charge < -0.3 is 24.4 Å². The summed E-state index contributed by atoms with van der Waals surface area (Å²) in [6, 6.07) is 20.5. The molecule has 2 aliphatic rings. The Kier molecular flexibility index (Phi) is 7.00. The first kappa shape index (κ1) is 24.0. The minimum absolute atomic E-state index is 0.405. The number of benzene rings is 3. The molecule has 0 saturated carbocycles. The molecule has 0 amide bonds. The Labute approximate surface area is 212 Å². The van der Waals surface area contributed by atoms with E-state index in [4.69, 9.17) is 14.2 Å². The average molecular weight is 488 g/mol. The zero-order valence-electron chi connectivity index (χ0n) is 21.1. The van der Waals surface area contributed by atoms with Gasteiger partial charge in [-0.05, 0) is 48.7 Å². The van der Waals surface area contributed by atoms with Gasteiger partial charge >= 0.3 is 5.97 Å². The summed E-state index contributed by atoms with van der Waals surface area (Å²) in [7, 11) is 3.08. The van der Waals surface area contributed by atoms with E-state index >= 15 is 0 Å². The number of fused-ring (bicyclic) bond motifs is 1. The highest BCUT2D eigenvalue weighted by Gasteiger charge is 2.36. The smallest absolute Gasteiger partial charge is 0.344 e. The zero-order chi connectivity index (χ0) is 25.1. The third kappa shape index (κ3) is 4.71. The molecule has 2 heterocycles. The lowest BCUT2D eigenvalue weighted by Gasteiger charge is -2.37. The van der Waals surface area contributed by atoms with Gasteiger partial charge in [0.1, 0.15) is 5.56 Å². The fourth-order valence-corrected chi connectivity index (χ4v) is 5.14. The van der Waals surface area contributed by atoms with Crippen molar-refractivity contribution in [1.82, 2.24) is 4.90 Å². The number of hydrogen-bond donors (Lipinski definition) is 1. The van der Waals surface area contributed by atoms with Crippen LogP contribution in [-0.2, 0) is 11.2 Å². The van der Waals surface area contributed by atoms with E-state index in [9.17, 15) is 4.79 Å². The summed E-state index contributed by atoms with van der Waals surface area (Å²) >= 11 is 0. The van der Waals surface area contributed by atoms with Crippen LogP contribution in [0.5, 0.6) is 11.5 Å². The molecule has 3 aromatic carbocycles. The van der Waals surface area contributed by atoms with E-state index in [1.165, 1.54) is 23.9 Å². The minimum atomic E-state index is -0.578. The van der Waals surface area contributed by atoms with Crippen LogP contribution in [-0.4, -0.2) is 57.8 Å². The molecule has 0 bridgehead atoms. The number of para-hydroxylation sites is 2. The summed E-state index contributed by atoms with van der Waals surface area (Å²) in [6.45, 7) is 7.30. The van der Waals surface area contributed by atoms with Gasteiger partial charge in [0.05, 0.1) is 14.2 Å². The SMILES string of the molecule is COc1ccc2c(c1OC)C(=O)OC2Nc1ccccc1CCN1CCN(c2ccccc2C)CC1. The Morgan fingerprint density at radius 2 is 1.69 bits per heavy atom. The molecule has 2 aliphatic heterocycles. The Bertz CT molecular complexity index is 1240. The predicted molar refractivity (Wildman–Crippen MR) is 141 cm³/mol. The average Bonchev–Trinajstić information content (AvgIpc) is 3.23. The first-order chi connectivity index (χ1) is 17.6. The summed E-state index contributed by atoms with van der Waals surface area (Å²) < 4.78 is 16.5. The molecular weight excluding hydrogens is 454 g/mol. The number of carbonyl (C=O) groups is 1. The summed E-state index contributed by atoms with van der Waals surface area (Å²) in [4.78, 5) is 17.7. The van der Waals surface area contributed by atoms with Crippen molar-refractivity contribution in [3.63, 3.8) is 0 Å². The summed E-state index contributed by atoms with van der Waals surface area (Å²) in [5.74, 6) is 0.501. The van der Waals surface area contributed by atoms with Crippen molar-refractivity contribution in [3.8, 4) is 11.5 Å². The molecule has 36 heavy (non-hydrogen) atoms. The summed E-state index contributed by atoms with van der Waals surface area (Å²) in [5.41, 5.74) is 6.00. The minimum Gasteiger partial charge on any atom is -0.493 e. The highest BCUT2D eigenvalue weighted by molar-refractivity contribution is 5.98. The lowest BCUT2D eigenvalue weighted by atomic mass is 10.0. The third-order valence-electron chi connectivity index (χ3n) is 7.12. The highest BCUT2D eigenvalue weighted by atomic mass is 16.6. The summed E-state index contributed by atoms with van der Waals surface area (Å²) in [6.07, 6.45) is 0.332. The molecule has 5 rings (SSSR count). The second kappa shape index (κ2) is 10.5. The van der Waals surface area contributed by atoms with Crippen LogP contribution in [0, 0.1) is 6.92 Å². The third-order valence-corrected chi connectivity index (χ3v) is 7.12. The van der Waals surface area contributed by atoms with Crippen LogP contribution in [0.4, 0.5) is 11.4 Å². The molecule has 7 nitrogen and oxygen atoms in total. The van der Waals surface area contributed by atoms with Crippen molar-refractivity contribution in [3.05, 3.63) is 82.9 Å². The fraction of sp³-hybridized carbons (Fsp3) is 0.345. The van der Waals surface area contributed by atoms with Crippen molar-refractivity contribution in [1.29, 1.82) is 0 Å². The van der Waals surface area contributed by atoms with Crippen LogP contribution >= 0.6 is 0 Å². The van der Waals surface area contributed by atoms with Crippen LogP contribution in [0.2, 0.25) is 0 Å². The maximum Gasteiger partial charge on any atom is 0.344 e. The van der Waals surface area contributed by atoms with E-state index in [2.05, 4.69) is 58.4 Å². The van der Waals surface area contributed by atoms with E-state index in [-0.39, 0.29) is 0 Å². The second-order valence-electron chi connectivity index (χ2n) is 9.22. The van der Waals surface area contributed by atoms with Crippen LogP contribution in [0.1, 0.15) is 33.3 Å². The van der Waals surface area contributed by atoms with Gasteiger partial charge in [0, 0.05) is 49.7 Å². The molecule has 3 aromatic rings. The number of nitrogens with zero attached hydrogens (tertiary/aromatic N) is 2. The quantitative estimate of drug-likeness (QED) is 0.464. The Balaban J connectivity index is 1.24. The molecule has 0 aliphatic carbocycles. The van der Waals surface area contributed by atoms with Gasteiger partial charge in [0.2, 0.25) is 6.23 Å². The van der Waals surface area contributed by atoms with Crippen molar-refractivity contribution < 1.29 is 19.0 Å². The number of esters is 1. The van der Waals surface area contributed by atoms with E-state index < -0.39 is 12.2 Å².